The van der Waals surface area contributed by atoms with Crippen molar-refractivity contribution in [2.24, 2.45) is 0 Å². The number of H-pyrrole nitrogens is 1. The first-order chi connectivity index (χ1) is 17.3. The number of hydrogen-bond donors (Lipinski definition) is 3. The van der Waals surface area contributed by atoms with Crippen LogP contribution in [0.5, 0.6) is 0 Å². The number of fused-ring (bicyclic) bond motifs is 2. The van der Waals surface area contributed by atoms with Gasteiger partial charge in [0.15, 0.2) is 0 Å². The van der Waals surface area contributed by atoms with Crippen molar-refractivity contribution in [1.82, 2.24) is 25.2 Å². The number of rotatable bonds is 5. The van der Waals surface area contributed by atoms with Crippen LogP contribution in [0.2, 0.25) is 0 Å². The van der Waals surface area contributed by atoms with E-state index in [2.05, 4.69) is 15.2 Å². The van der Waals surface area contributed by atoms with Gasteiger partial charge in [-0.25, -0.2) is 9.97 Å². The molecule has 3 aromatic heterocycles. The minimum Gasteiger partial charge on any atom is -0.389 e. The van der Waals surface area contributed by atoms with Crippen LogP contribution in [0.4, 0.5) is 0 Å². The van der Waals surface area contributed by atoms with Gasteiger partial charge >= 0.3 is 0 Å². The Morgan fingerprint density at radius 1 is 1.06 bits per heavy atom. The maximum Gasteiger partial charge on any atom is 0.261 e. The third-order valence-corrected chi connectivity index (χ3v) is 7.77. The van der Waals surface area contributed by atoms with Crippen molar-refractivity contribution in [2.75, 3.05) is 19.6 Å². The summed E-state index contributed by atoms with van der Waals surface area (Å²) in [4.78, 5) is 42.5. The molecular formula is C27H27N5O3S. The van der Waals surface area contributed by atoms with Gasteiger partial charge in [0.05, 0.1) is 28.0 Å². The molecule has 36 heavy (non-hydrogen) atoms. The number of nitrogens with one attached hydrogen (secondary N) is 2. The average Bonchev–Trinajstić information content (AvgIpc) is 3.52. The van der Waals surface area contributed by atoms with E-state index < -0.39 is 17.4 Å². The number of aromatic amines is 1. The lowest BCUT2D eigenvalue weighted by Crippen LogP contribution is -2.42. The summed E-state index contributed by atoms with van der Waals surface area (Å²) in [6.45, 7) is 5.95. The van der Waals surface area contributed by atoms with Gasteiger partial charge in [0.1, 0.15) is 10.7 Å². The molecule has 6 rings (SSSR count). The Balaban J connectivity index is 1.46. The number of para-hydroxylation sites is 1. The standard InChI is InChI=1S/C27H27N5O3S/c1-27(2,35)14-32-10-7-15(8-11-32)23-29-19-6-4-3-5-17(19)22(30-23)21-20(24(33)31-25(21)34)18-13-28-26-16(18)9-12-36-26/h3-6,9,12-13,15,28,35H,7-8,10-11,14H2,1-2H3,(H,31,33,34). The molecule has 5 heterocycles. The molecule has 1 fully saturated rings. The van der Waals surface area contributed by atoms with Gasteiger partial charge in [-0.1, -0.05) is 18.2 Å². The normalized spacial score (nSPS) is 18.1. The number of likely N-dealkylation sites (tertiary alicyclic amines) is 1. The maximum absolute atomic E-state index is 13.2. The van der Waals surface area contributed by atoms with Gasteiger partial charge in [0.2, 0.25) is 0 Å². The molecule has 2 aliphatic rings. The largest absolute Gasteiger partial charge is 0.389 e. The van der Waals surface area contributed by atoms with Crippen molar-refractivity contribution in [3.05, 3.63) is 59.0 Å². The Hall–Kier alpha value is -3.40. The van der Waals surface area contributed by atoms with Crippen LogP contribution in [0.25, 0.3) is 32.3 Å². The average molecular weight is 502 g/mol. The lowest BCUT2D eigenvalue weighted by Gasteiger charge is -2.34. The number of hydrogen-bond acceptors (Lipinski definition) is 7. The number of aromatic nitrogens is 3. The predicted molar refractivity (Wildman–Crippen MR) is 140 cm³/mol. The quantitative estimate of drug-likeness (QED) is 0.360. The molecule has 0 saturated carbocycles. The number of imide groups is 1. The van der Waals surface area contributed by atoms with Gasteiger partial charge in [0, 0.05) is 35.0 Å². The first-order valence-corrected chi connectivity index (χ1v) is 13.0. The topological polar surface area (TPSA) is 111 Å². The zero-order valence-corrected chi connectivity index (χ0v) is 21.0. The molecule has 1 aromatic carbocycles. The van der Waals surface area contributed by atoms with Gasteiger partial charge in [-0.2, -0.15) is 0 Å². The van der Waals surface area contributed by atoms with Crippen molar-refractivity contribution < 1.29 is 14.7 Å². The molecule has 8 nitrogen and oxygen atoms in total. The van der Waals surface area contributed by atoms with Gasteiger partial charge in [-0.15, -0.1) is 11.3 Å². The number of amides is 2. The van der Waals surface area contributed by atoms with Gasteiger partial charge in [0.25, 0.3) is 11.8 Å². The fourth-order valence-electron chi connectivity index (χ4n) is 5.36. The monoisotopic (exact) mass is 501 g/mol. The fraction of sp³-hybridized carbons (Fsp3) is 0.333. The molecule has 0 atom stereocenters. The van der Waals surface area contributed by atoms with Crippen LogP contribution in [0.1, 0.15) is 49.7 Å². The smallest absolute Gasteiger partial charge is 0.261 e. The molecule has 0 radical (unpaired) electrons. The summed E-state index contributed by atoms with van der Waals surface area (Å²) in [5.74, 6) is -0.0209. The third-order valence-electron chi connectivity index (χ3n) is 6.92. The van der Waals surface area contributed by atoms with Gasteiger partial charge in [-0.3, -0.25) is 14.9 Å². The van der Waals surface area contributed by atoms with Crippen LogP contribution in [-0.4, -0.2) is 62.0 Å². The van der Waals surface area contributed by atoms with E-state index in [1.165, 1.54) is 0 Å². The number of thiophene rings is 1. The molecule has 3 N–H and O–H groups in total. The molecule has 9 heteroatoms. The maximum atomic E-state index is 13.2. The highest BCUT2D eigenvalue weighted by Gasteiger charge is 2.36. The van der Waals surface area contributed by atoms with E-state index in [-0.39, 0.29) is 5.92 Å². The summed E-state index contributed by atoms with van der Waals surface area (Å²) in [5.41, 5.74) is 1.86. The lowest BCUT2D eigenvalue weighted by molar-refractivity contribution is -0.122. The number of piperidine rings is 1. The van der Waals surface area contributed by atoms with Crippen LogP contribution in [0, 0.1) is 0 Å². The molecule has 4 aromatic rings. The Labute approximate surface area is 212 Å². The minimum absolute atomic E-state index is 0.131. The number of β-amino-alcohol motifs (C(OH)–C–C–N with tert-alkyl or cyclic N) is 1. The van der Waals surface area contributed by atoms with Crippen molar-refractivity contribution in [1.29, 1.82) is 0 Å². The van der Waals surface area contributed by atoms with Crippen LogP contribution < -0.4 is 5.32 Å². The Bertz CT molecular complexity index is 1540. The van der Waals surface area contributed by atoms with Crippen LogP contribution >= 0.6 is 11.3 Å². The molecule has 0 aliphatic carbocycles. The SMILES string of the molecule is CC(C)(O)CN1CCC(c2nc(C3=C(c4c[nH]c5sccc45)C(=O)NC3=O)c3ccccc3n2)CC1. The second-order valence-corrected chi connectivity index (χ2v) is 11.1. The number of carbonyl (C=O) groups is 2. The molecule has 0 unspecified atom stereocenters. The van der Waals surface area contributed by atoms with Crippen LogP contribution in [0.15, 0.2) is 41.9 Å². The van der Waals surface area contributed by atoms with E-state index in [9.17, 15) is 14.7 Å². The second-order valence-electron chi connectivity index (χ2n) is 10.2. The summed E-state index contributed by atoms with van der Waals surface area (Å²) in [5, 5.41) is 16.3. The van der Waals surface area contributed by atoms with Crippen molar-refractivity contribution in [3.63, 3.8) is 0 Å². The van der Waals surface area contributed by atoms with Crippen LogP contribution in [-0.2, 0) is 9.59 Å². The van der Waals surface area contributed by atoms with Gasteiger partial charge in [-0.05, 0) is 57.3 Å². The molecule has 2 aliphatic heterocycles. The number of nitrogens with zero attached hydrogens (tertiary/aromatic N) is 3. The summed E-state index contributed by atoms with van der Waals surface area (Å²) < 4.78 is 0. The minimum atomic E-state index is -0.739. The first-order valence-electron chi connectivity index (χ1n) is 12.2. The first kappa shape index (κ1) is 23.0. The Morgan fingerprint density at radius 2 is 1.81 bits per heavy atom. The summed E-state index contributed by atoms with van der Waals surface area (Å²) in [6, 6.07) is 9.60. The highest BCUT2D eigenvalue weighted by atomic mass is 32.1. The number of carbonyl (C=O) groups excluding carboxylic acids is 2. The third kappa shape index (κ3) is 4.03. The van der Waals surface area contributed by atoms with E-state index in [1.807, 2.05) is 49.6 Å². The number of aliphatic hydroxyl groups is 1. The highest BCUT2D eigenvalue weighted by molar-refractivity contribution is 7.16. The zero-order valence-electron chi connectivity index (χ0n) is 20.2. The van der Waals surface area contributed by atoms with E-state index >= 15 is 0 Å². The summed E-state index contributed by atoms with van der Waals surface area (Å²) >= 11 is 1.55. The Morgan fingerprint density at radius 3 is 2.58 bits per heavy atom. The van der Waals surface area contributed by atoms with E-state index in [1.54, 1.807) is 17.5 Å². The fourth-order valence-corrected chi connectivity index (χ4v) is 6.13. The molecule has 0 spiro atoms. The molecule has 2 amide bonds. The summed E-state index contributed by atoms with van der Waals surface area (Å²) in [7, 11) is 0. The van der Waals surface area contributed by atoms with E-state index in [0.717, 1.165) is 47.1 Å². The molecule has 184 valence electrons. The van der Waals surface area contributed by atoms with E-state index in [0.29, 0.717) is 34.8 Å². The van der Waals surface area contributed by atoms with E-state index in [4.69, 9.17) is 9.97 Å². The lowest BCUT2D eigenvalue weighted by atomic mass is 9.93. The highest BCUT2D eigenvalue weighted by Crippen LogP contribution is 2.38. The zero-order chi connectivity index (χ0) is 25.0. The van der Waals surface area contributed by atoms with Crippen molar-refractivity contribution >= 4 is 55.4 Å². The second kappa shape index (κ2) is 8.62. The van der Waals surface area contributed by atoms with Gasteiger partial charge < -0.3 is 15.0 Å². The van der Waals surface area contributed by atoms with Crippen LogP contribution in [0.3, 0.4) is 0 Å². The Kier molecular flexibility index (Phi) is 5.51. The van der Waals surface area contributed by atoms with Crippen molar-refractivity contribution in [2.45, 2.75) is 38.2 Å². The molecule has 1 saturated heterocycles. The van der Waals surface area contributed by atoms with Crippen molar-refractivity contribution in [3.8, 4) is 0 Å². The molecule has 0 bridgehead atoms. The summed E-state index contributed by atoms with van der Waals surface area (Å²) in [6.07, 6.45) is 3.51. The predicted octanol–water partition coefficient (Wildman–Crippen LogP) is 3.69. The number of benzene rings is 1. The molecular weight excluding hydrogens is 474 g/mol.